The number of tetrazole rings is 1. The van der Waals surface area contributed by atoms with Gasteiger partial charge in [0.05, 0.1) is 0 Å². The first-order valence-electron chi connectivity index (χ1n) is 9.06. The molecular formula is C20H24N6O. The van der Waals surface area contributed by atoms with E-state index in [-0.39, 0.29) is 5.91 Å². The lowest BCUT2D eigenvalue weighted by Crippen LogP contribution is -2.38. The van der Waals surface area contributed by atoms with Crippen molar-refractivity contribution in [2.45, 2.75) is 25.9 Å². The van der Waals surface area contributed by atoms with E-state index in [4.69, 9.17) is 5.73 Å². The van der Waals surface area contributed by atoms with Crippen LogP contribution in [0.5, 0.6) is 0 Å². The predicted molar refractivity (Wildman–Crippen MR) is 103 cm³/mol. The Labute approximate surface area is 158 Å². The number of benzene rings is 2. The molecule has 0 aliphatic carbocycles. The number of hydrogen-bond donors (Lipinski definition) is 1. The van der Waals surface area contributed by atoms with Gasteiger partial charge in [-0.05, 0) is 30.7 Å². The molecule has 27 heavy (non-hydrogen) atoms. The van der Waals surface area contributed by atoms with Gasteiger partial charge in [-0.3, -0.25) is 4.79 Å². The Bertz CT molecular complexity index is 849. The maximum atomic E-state index is 13.1. The summed E-state index contributed by atoms with van der Waals surface area (Å²) in [6.45, 7) is 3.45. The first kappa shape index (κ1) is 18.7. The third-order valence-electron chi connectivity index (χ3n) is 4.32. The molecule has 0 saturated carbocycles. The summed E-state index contributed by atoms with van der Waals surface area (Å²) >= 11 is 0. The number of amides is 1. The summed E-state index contributed by atoms with van der Waals surface area (Å²) < 4.78 is 0. The van der Waals surface area contributed by atoms with Gasteiger partial charge in [0.25, 0.3) is 0 Å². The van der Waals surface area contributed by atoms with Crippen LogP contribution < -0.4 is 5.73 Å². The van der Waals surface area contributed by atoms with Gasteiger partial charge >= 0.3 is 0 Å². The number of nitrogens with zero attached hydrogens (tertiary/aromatic N) is 5. The summed E-state index contributed by atoms with van der Waals surface area (Å²) in [7, 11) is 0. The second-order valence-corrected chi connectivity index (χ2v) is 6.36. The molecular weight excluding hydrogens is 340 g/mol. The Morgan fingerprint density at radius 1 is 1.11 bits per heavy atom. The molecule has 140 valence electrons. The smallest absolute Gasteiger partial charge is 0.249 e. The van der Waals surface area contributed by atoms with Crippen molar-refractivity contribution in [1.82, 2.24) is 25.1 Å². The molecule has 1 unspecified atom stereocenters. The molecule has 3 aromatic rings. The molecule has 0 saturated heterocycles. The molecule has 7 heteroatoms. The van der Waals surface area contributed by atoms with Gasteiger partial charge in [-0.1, -0.05) is 60.7 Å². The van der Waals surface area contributed by atoms with Crippen LogP contribution in [0.4, 0.5) is 0 Å². The standard InChI is InChI=1S/C20H24N6O/c1-16(26-23-19(22-24-26)18-11-6-3-7-12-18)20(27)25(14-8-13-21)15-17-9-4-2-5-10-17/h2-7,9-12,16H,8,13-15,21H2,1H3. The fourth-order valence-electron chi connectivity index (χ4n) is 2.81. The van der Waals surface area contributed by atoms with Gasteiger partial charge in [-0.25, -0.2) is 0 Å². The van der Waals surface area contributed by atoms with Crippen molar-refractivity contribution in [2.24, 2.45) is 5.73 Å². The third-order valence-corrected chi connectivity index (χ3v) is 4.32. The number of hydrogen-bond acceptors (Lipinski definition) is 5. The van der Waals surface area contributed by atoms with E-state index in [9.17, 15) is 4.79 Å². The van der Waals surface area contributed by atoms with E-state index in [0.717, 1.165) is 17.5 Å². The minimum atomic E-state index is -0.545. The SMILES string of the molecule is CC(C(=O)N(CCCN)Cc1ccccc1)n1nnc(-c2ccccc2)n1. The molecule has 0 radical (unpaired) electrons. The second kappa shape index (κ2) is 9.05. The van der Waals surface area contributed by atoms with E-state index >= 15 is 0 Å². The van der Waals surface area contributed by atoms with Crippen molar-refractivity contribution in [3.63, 3.8) is 0 Å². The van der Waals surface area contributed by atoms with Crippen LogP contribution in [-0.2, 0) is 11.3 Å². The average molecular weight is 364 g/mol. The van der Waals surface area contributed by atoms with Gasteiger partial charge in [0.15, 0.2) is 0 Å². The van der Waals surface area contributed by atoms with Gasteiger partial charge in [-0.2, -0.15) is 4.80 Å². The largest absolute Gasteiger partial charge is 0.336 e. The minimum absolute atomic E-state index is 0.0516. The molecule has 0 bridgehead atoms. The highest BCUT2D eigenvalue weighted by Crippen LogP contribution is 2.16. The number of carbonyl (C=O) groups excluding carboxylic acids is 1. The third kappa shape index (κ3) is 4.77. The van der Waals surface area contributed by atoms with E-state index in [1.807, 2.05) is 60.7 Å². The molecule has 1 atom stereocenters. The summed E-state index contributed by atoms with van der Waals surface area (Å²) in [6, 6.07) is 19.0. The summed E-state index contributed by atoms with van der Waals surface area (Å²) in [5, 5.41) is 12.6. The van der Waals surface area contributed by atoms with Crippen LogP contribution in [0.2, 0.25) is 0 Å². The molecule has 0 aliphatic heterocycles. The average Bonchev–Trinajstić information content (AvgIpc) is 3.21. The molecule has 2 aromatic carbocycles. The minimum Gasteiger partial charge on any atom is -0.336 e. The molecule has 0 spiro atoms. The van der Waals surface area contributed by atoms with Gasteiger partial charge in [0.2, 0.25) is 11.7 Å². The van der Waals surface area contributed by atoms with Crippen molar-refractivity contribution in [3.05, 3.63) is 66.2 Å². The van der Waals surface area contributed by atoms with Crippen molar-refractivity contribution in [2.75, 3.05) is 13.1 Å². The normalized spacial score (nSPS) is 11.9. The fourth-order valence-corrected chi connectivity index (χ4v) is 2.81. The zero-order valence-corrected chi connectivity index (χ0v) is 15.4. The van der Waals surface area contributed by atoms with Gasteiger partial charge in [-0.15, -0.1) is 10.2 Å². The van der Waals surface area contributed by atoms with Crippen molar-refractivity contribution < 1.29 is 4.79 Å². The highest BCUT2D eigenvalue weighted by molar-refractivity contribution is 5.79. The first-order valence-corrected chi connectivity index (χ1v) is 9.06. The molecule has 1 amide bonds. The van der Waals surface area contributed by atoms with E-state index in [2.05, 4.69) is 15.4 Å². The monoisotopic (exact) mass is 364 g/mol. The molecule has 3 rings (SSSR count). The number of aromatic nitrogens is 4. The molecule has 0 fully saturated rings. The van der Waals surface area contributed by atoms with Crippen LogP contribution >= 0.6 is 0 Å². The lowest BCUT2D eigenvalue weighted by Gasteiger charge is -2.25. The van der Waals surface area contributed by atoms with E-state index < -0.39 is 6.04 Å². The predicted octanol–water partition coefficient (Wildman–Crippen LogP) is 2.28. The van der Waals surface area contributed by atoms with Crippen LogP contribution in [-0.4, -0.2) is 44.1 Å². The Balaban J connectivity index is 1.75. The molecule has 1 aromatic heterocycles. The Morgan fingerprint density at radius 3 is 2.44 bits per heavy atom. The van der Waals surface area contributed by atoms with Gasteiger partial charge in [0, 0.05) is 18.7 Å². The van der Waals surface area contributed by atoms with Crippen LogP contribution in [0.15, 0.2) is 60.7 Å². The number of carbonyl (C=O) groups is 1. The van der Waals surface area contributed by atoms with Crippen LogP contribution in [0.25, 0.3) is 11.4 Å². The number of nitrogens with two attached hydrogens (primary N) is 1. The second-order valence-electron chi connectivity index (χ2n) is 6.36. The van der Waals surface area contributed by atoms with Crippen LogP contribution in [0.3, 0.4) is 0 Å². The Morgan fingerprint density at radius 2 is 1.78 bits per heavy atom. The zero-order chi connectivity index (χ0) is 19.1. The Hall–Kier alpha value is -3.06. The van der Waals surface area contributed by atoms with Crippen molar-refractivity contribution >= 4 is 5.91 Å². The van der Waals surface area contributed by atoms with Crippen LogP contribution in [0, 0.1) is 0 Å². The summed E-state index contributed by atoms with van der Waals surface area (Å²) in [5.74, 6) is 0.455. The first-order chi connectivity index (χ1) is 13.2. The fraction of sp³-hybridized carbons (Fsp3) is 0.300. The Kier molecular flexibility index (Phi) is 6.27. The van der Waals surface area contributed by atoms with E-state index in [0.29, 0.717) is 25.5 Å². The molecule has 2 N–H and O–H groups in total. The van der Waals surface area contributed by atoms with E-state index in [1.165, 1.54) is 4.80 Å². The van der Waals surface area contributed by atoms with Gasteiger partial charge < -0.3 is 10.6 Å². The lowest BCUT2D eigenvalue weighted by molar-refractivity contribution is -0.135. The maximum Gasteiger partial charge on any atom is 0.249 e. The highest BCUT2D eigenvalue weighted by Gasteiger charge is 2.24. The zero-order valence-electron chi connectivity index (χ0n) is 15.4. The number of rotatable bonds is 8. The summed E-state index contributed by atoms with van der Waals surface area (Å²) in [4.78, 5) is 16.2. The maximum absolute atomic E-state index is 13.1. The van der Waals surface area contributed by atoms with E-state index in [1.54, 1.807) is 11.8 Å². The van der Waals surface area contributed by atoms with Gasteiger partial charge in [0.1, 0.15) is 6.04 Å². The highest BCUT2D eigenvalue weighted by atomic mass is 16.2. The summed E-state index contributed by atoms with van der Waals surface area (Å²) in [5.41, 5.74) is 7.59. The topological polar surface area (TPSA) is 89.9 Å². The van der Waals surface area contributed by atoms with Crippen molar-refractivity contribution in [1.29, 1.82) is 0 Å². The van der Waals surface area contributed by atoms with Crippen LogP contribution in [0.1, 0.15) is 24.9 Å². The molecule has 0 aliphatic rings. The van der Waals surface area contributed by atoms with Crippen molar-refractivity contribution in [3.8, 4) is 11.4 Å². The molecule has 1 heterocycles. The lowest BCUT2D eigenvalue weighted by atomic mass is 10.2. The summed E-state index contributed by atoms with van der Waals surface area (Å²) in [6.07, 6.45) is 0.741. The molecule has 7 nitrogen and oxygen atoms in total. The quantitative estimate of drug-likeness (QED) is 0.662.